The molecular formula is C12H13F2NO. The van der Waals surface area contributed by atoms with Crippen molar-refractivity contribution in [2.75, 3.05) is 0 Å². The fourth-order valence-corrected chi connectivity index (χ4v) is 1.45. The molecule has 0 aliphatic heterocycles. The minimum atomic E-state index is -2.88. The Kier molecular flexibility index (Phi) is 3.48. The third-order valence-corrected chi connectivity index (χ3v) is 2.37. The average Bonchev–Trinajstić information content (AvgIpc) is 2.20. The molecule has 0 amide bonds. The van der Waals surface area contributed by atoms with E-state index in [1.807, 2.05) is 0 Å². The van der Waals surface area contributed by atoms with Gasteiger partial charge in [0.25, 0.3) is 0 Å². The van der Waals surface area contributed by atoms with Crippen molar-refractivity contribution in [3.63, 3.8) is 0 Å². The highest BCUT2D eigenvalue weighted by Crippen LogP contribution is 2.34. The zero-order chi connectivity index (χ0) is 12.3. The second kappa shape index (κ2) is 4.48. The molecule has 0 unspecified atom stereocenters. The third-order valence-electron chi connectivity index (χ3n) is 2.37. The summed E-state index contributed by atoms with van der Waals surface area (Å²) in [5.41, 5.74) is 0.229. The first-order valence-corrected chi connectivity index (χ1v) is 4.84. The van der Waals surface area contributed by atoms with Crippen LogP contribution in [-0.4, -0.2) is 6.61 Å². The molecule has 0 heterocycles. The second-order valence-corrected chi connectivity index (χ2v) is 4.07. The van der Waals surface area contributed by atoms with Gasteiger partial charge in [0, 0.05) is 5.56 Å². The number of aryl methyl sites for hydroxylation is 1. The summed E-state index contributed by atoms with van der Waals surface area (Å²) in [4.78, 5) is 0. The van der Waals surface area contributed by atoms with E-state index in [1.165, 1.54) is 0 Å². The molecule has 0 fully saturated rings. The van der Waals surface area contributed by atoms with Crippen molar-refractivity contribution in [2.24, 2.45) is 0 Å². The van der Waals surface area contributed by atoms with Gasteiger partial charge < -0.3 is 4.74 Å². The van der Waals surface area contributed by atoms with Crippen LogP contribution in [0.2, 0.25) is 0 Å². The van der Waals surface area contributed by atoms with Gasteiger partial charge in [0.1, 0.15) is 5.75 Å². The summed E-state index contributed by atoms with van der Waals surface area (Å²) in [5, 5.41) is 9.00. The molecule has 0 bridgehead atoms. The van der Waals surface area contributed by atoms with Gasteiger partial charge in [-0.05, 0) is 26.3 Å². The Hall–Kier alpha value is -1.63. The van der Waals surface area contributed by atoms with Crippen LogP contribution in [0.15, 0.2) is 18.2 Å². The molecule has 0 aliphatic carbocycles. The van der Waals surface area contributed by atoms with E-state index >= 15 is 0 Å². The van der Waals surface area contributed by atoms with Crippen molar-refractivity contribution in [1.82, 2.24) is 0 Å². The number of benzene rings is 1. The predicted octanol–water partition coefficient (Wildman–Crippen LogP) is 3.40. The summed E-state index contributed by atoms with van der Waals surface area (Å²) in [6.45, 7) is 2.13. The van der Waals surface area contributed by atoms with Crippen LogP contribution in [0.4, 0.5) is 8.78 Å². The normalized spacial score (nSPS) is 11.3. The van der Waals surface area contributed by atoms with Crippen LogP contribution >= 0.6 is 0 Å². The van der Waals surface area contributed by atoms with Crippen LogP contribution in [0, 0.1) is 18.3 Å². The molecule has 0 N–H and O–H groups in total. The Balaban J connectivity index is 3.29. The maximum atomic E-state index is 12.3. The minimum Gasteiger partial charge on any atom is -0.434 e. The fraction of sp³-hybridized carbons (Fsp3) is 0.417. The third kappa shape index (κ3) is 2.48. The summed E-state index contributed by atoms with van der Waals surface area (Å²) in [7, 11) is 0. The van der Waals surface area contributed by atoms with Gasteiger partial charge in [0.2, 0.25) is 0 Å². The van der Waals surface area contributed by atoms with Gasteiger partial charge >= 0.3 is 6.61 Å². The maximum Gasteiger partial charge on any atom is 0.387 e. The van der Waals surface area contributed by atoms with Gasteiger partial charge in [-0.3, -0.25) is 0 Å². The molecule has 0 saturated heterocycles. The van der Waals surface area contributed by atoms with E-state index in [0.717, 1.165) is 0 Å². The molecule has 16 heavy (non-hydrogen) atoms. The lowest BCUT2D eigenvalue weighted by atomic mass is 9.85. The van der Waals surface area contributed by atoms with Gasteiger partial charge in [0.05, 0.1) is 11.5 Å². The SMILES string of the molecule is Cc1cccc(C(C)(C)C#N)c1OC(F)F. The van der Waals surface area contributed by atoms with Crippen LogP contribution in [-0.2, 0) is 5.41 Å². The number of hydrogen-bond acceptors (Lipinski definition) is 2. The number of rotatable bonds is 3. The van der Waals surface area contributed by atoms with Gasteiger partial charge in [-0.15, -0.1) is 0 Å². The Morgan fingerprint density at radius 3 is 2.50 bits per heavy atom. The number of halogens is 2. The Bertz CT molecular complexity index is 422. The number of nitrogens with zero attached hydrogens (tertiary/aromatic N) is 1. The predicted molar refractivity (Wildman–Crippen MR) is 56.5 cm³/mol. The zero-order valence-corrected chi connectivity index (χ0v) is 9.42. The molecule has 0 aromatic heterocycles. The summed E-state index contributed by atoms with van der Waals surface area (Å²) in [6.07, 6.45) is 0. The number of nitriles is 1. The zero-order valence-electron chi connectivity index (χ0n) is 9.42. The Labute approximate surface area is 93.5 Å². The number of para-hydroxylation sites is 1. The summed E-state index contributed by atoms with van der Waals surface area (Å²) < 4.78 is 29.0. The van der Waals surface area contributed by atoms with Crippen molar-refractivity contribution in [2.45, 2.75) is 32.8 Å². The Morgan fingerprint density at radius 2 is 2.00 bits per heavy atom. The van der Waals surface area contributed by atoms with Crippen LogP contribution in [0.1, 0.15) is 25.0 Å². The molecule has 86 valence electrons. The van der Waals surface area contributed by atoms with Gasteiger partial charge in [-0.1, -0.05) is 18.2 Å². The smallest absolute Gasteiger partial charge is 0.387 e. The molecule has 0 aliphatic rings. The second-order valence-electron chi connectivity index (χ2n) is 4.07. The molecule has 4 heteroatoms. The molecule has 0 radical (unpaired) electrons. The van der Waals surface area contributed by atoms with Crippen molar-refractivity contribution < 1.29 is 13.5 Å². The molecule has 1 aromatic rings. The first-order chi connectivity index (χ1) is 7.38. The van der Waals surface area contributed by atoms with E-state index < -0.39 is 12.0 Å². The molecule has 0 saturated carbocycles. The number of hydrogen-bond donors (Lipinski definition) is 0. The first kappa shape index (κ1) is 12.4. The van der Waals surface area contributed by atoms with Gasteiger partial charge in [-0.25, -0.2) is 0 Å². The quantitative estimate of drug-likeness (QED) is 0.789. The lowest BCUT2D eigenvalue weighted by Crippen LogP contribution is -2.17. The van der Waals surface area contributed by atoms with Crippen molar-refractivity contribution in [3.8, 4) is 11.8 Å². The lowest BCUT2D eigenvalue weighted by molar-refractivity contribution is -0.0512. The van der Waals surface area contributed by atoms with E-state index in [0.29, 0.717) is 11.1 Å². The highest BCUT2D eigenvalue weighted by atomic mass is 19.3. The van der Waals surface area contributed by atoms with E-state index in [1.54, 1.807) is 39.0 Å². The minimum absolute atomic E-state index is 0.101. The van der Waals surface area contributed by atoms with Crippen molar-refractivity contribution in [1.29, 1.82) is 5.26 Å². The van der Waals surface area contributed by atoms with Crippen LogP contribution in [0.5, 0.6) is 5.75 Å². The molecule has 1 rings (SSSR count). The summed E-state index contributed by atoms with van der Waals surface area (Å²) in [6, 6.07) is 7.11. The van der Waals surface area contributed by atoms with Gasteiger partial charge in [-0.2, -0.15) is 14.0 Å². The lowest BCUT2D eigenvalue weighted by Gasteiger charge is -2.21. The van der Waals surface area contributed by atoms with Crippen molar-refractivity contribution in [3.05, 3.63) is 29.3 Å². The van der Waals surface area contributed by atoms with E-state index in [-0.39, 0.29) is 5.75 Å². The van der Waals surface area contributed by atoms with Gasteiger partial charge in [0.15, 0.2) is 0 Å². The van der Waals surface area contributed by atoms with Crippen LogP contribution in [0.3, 0.4) is 0 Å². The fourth-order valence-electron chi connectivity index (χ4n) is 1.45. The van der Waals surface area contributed by atoms with E-state index in [4.69, 9.17) is 5.26 Å². The number of ether oxygens (including phenoxy) is 1. The summed E-state index contributed by atoms with van der Waals surface area (Å²) in [5.74, 6) is 0.101. The summed E-state index contributed by atoms with van der Waals surface area (Å²) >= 11 is 0. The monoisotopic (exact) mass is 225 g/mol. The standard InChI is InChI=1S/C12H13F2NO/c1-8-5-4-6-9(12(2,3)7-15)10(8)16-11(13)14/h4-6,11H,1-3H3. The average molecular weight is 225 g/mol. The first-order valence-electron chi connectivity index (χ1n) is 4.84. The van der Waals surface area contributed by atoms with Crippen LogP contribution in [0.25, 0.3) is 0 Å². The number of alkyl halides is 2. The maximum absolute atomic E-state index is 12.3. The van der Waals surface area contributed by atoms with E-state index in [9.17, 15) is 8.78 Å². The van der Waals surface area contributed by atoms with E-state index in [2.05, 4.69) is 10.8 Å². The molecule has 2 nitrogen and oxygen atoms in total. The molecule has 0 atom stereocenters. The van der Waals surface area contributed by atoms with Crippen molar-refractivity contribution >= 4 is 0 Å². The largest absolute Gasteiger partial charge is 0.434 e. The highest BCUT2D eigenvalue weighted by molar-refractivity contribution is 5.47. The molecular weight excluding hydrogens is 212 g/mol. The highest BCUT2D eigenvalue weighted by Gasteiger charge is 2.26. The Morgan fingerprint density at radius 1 is 1.38 bits per heavy atom. The molecule has 1 aromatic carbocycles. The van der Waals surface area contributed by atoms with Crippen LogP contribution < -0.4 is 4.74 Å². The topological polar surface area (TPSA) is 33.0 Å². The molecule has 0 spiro atoms.